The molecule has 2 N–H and O–H groups in total. The summed E-state index contributed by atoms with van der Waals surface area (Å²) in [6.07, 6.45) is 0.871. The van der Waals surface area contributed by atoms with Crippen LogP contribution in [0.2, 0.25) is 0 Å². The first-order valence-corrected chi connectivity index (χ1v) is 6.93. The van der Waals surface area contributed by atoms with Crippen LogP contribution in [0.25, 0.3) is 0 Å². The second kappa shape index (κ2) is 6.53. The first-order chi connectivity index (χ1) is 8.36. The Morgan fingerprint density at radius 2 is 1.89 bits per heavy atom. The van der Waals surface area contributed by atoms with Crippen molar-refractivity contribution in [2.45, 2.75) is 59.3 Å². The summed E-state index contributed by atoms with van der Waals surface area (Å²) < 4.78 is 5.68. The summed E-state index contributed by atoms with van der Waals surface area (Å²) in [6.45, 7) is 10.2. The van der Waals surface area contributed by atoms with Crippen LogP contribution in [0.15, 0.2) is 0 Å². The van der Waals surface area contributed by atoms with Gasteiger partial charge in [0.05, 0.1) is 30.8 Å². The molecule has 0 radical (unpaired) electrons. The van der Waals surface area contributed by atoms with Crippen LogP contribution in [0.4, 0.5) is 0 Å². The lowest BCUT2D eigenvalue weighted by molar-refractivity contribution is -0.128. The molecule has 0 aromatic heterocycles. The lowest BCUT2D eigenvalue weighted by atomic mass is 9.88. The molecule has 1 aliphatic rings. The minimum Gasteiger partial charge on any atom is -0.394 e. The highest BCUT2D eigenvalue weighted by atomic mass is 16.5. The van der Waals surface area contributed by atoms with Gasteiger partial charge in [-0.1, -0.05) is 20.8 Å². The van der Waals surface area contributed by atoms with Crippen molar-refractivity contribution in [3.63, 3.8) is 0 Å². The van der Waals surface area contributed by atoms with Gasteiger partial charge in [0.2, 0.25) is 5.91 Å². The maximum absolute atomic E-state index is 12.3. The molecule has 0 aromatic rings. The van der Waals surface area contributed by atoms with E-state index >= 15 is 0 Å². The summed E-state index contributed by atoms with van der Waals surface area (Å²) in [5.41, 5.74) is 0. The molecule has 106 valence electrons. The van der Waals surface area contributed by atoms with E-state index in [1.807, 2.05) is 13.8 Å². The van der Waals surface area contributed by atoms with Gasteiger partial charge in [0.25, 0.3) is 0 Å². The molecule has 0 spiro atoms. The van der Waals surface area contributed by atoms with Gasteiger partial charge in [-0.15, -0.1) is 0 Å². The van der Waals surface area contributed by atoms with E-state index in [2.05, 4.69) is 26.1 Å². The van der Waals surface area contributed by atoms with E-state index in [4.69, 9.17) is 4.74 Å². The molecular formula is C14H27NO3. The fourth-order valence-electron chi connectivity index (χ4n) is 2.76. The van der Waals surface area contributed by atoms with Crippen molar-refractivity contribution in [2.75, 3.05) is 6.61 Å². The first-order valence-electron chi connectivity index (χ1n) is 6.93. The molecule has 4 nitrogen and oxygen atoms in total. The van der Waals surface area contributed by atoms with Gasteiger partial charge in [-0.2, -0.15) is 0 Å². The molecular weight excluding hydrogens is 230 g/mol. The number of amides is 1. The highest BCUT2D eigenvalue weighted by Crippen LogP contribution is 2.32. The van der Waals surface area contributed by atoms with Crippen LogP contribution in [0.3, 0.4) is 0 Å². The van der Waals surface area contributed by atoms with Crippen LogP contribution in [0, 0.1) is 17.8 Å². The molecule has 0 aliphatic carbocycles. The lowest BCUT2D eigenvalue weighted by Gasteiger charge is -2.23. The molecule has 1 heterocycles. The third kappa shape index (κ3) is 3.69. The summed E-state index contributed by atoms with van der Waals surface area (Å²) in [6, 6.07) is -0.146. The molecule has 5 atom stereocenters. The number of hydrogen-bond acceptors (Lipinski definition) is 3. The second-order valence-electron chi connectivity index (χ2n) is 5.95. The summed E-state index contributed by atoms with van der Waals surface area (Å²) in [5.74, 6) is 0.578. The van der Waals surface area contributed by atoms with E-state index < -0.39 is 0 Å². The van der Waals surface area contributed by atoms with Gasteiger partial charge < -0.3 is 15.2 Å². The van der Waals surface area contributed by atoms with Gasteiger partial charge in [-0.3, -0.25) is 4.79 Å². The molecule has 1 aliphatic heterocycles. The number of ether oxygens (including phenoxy) is 1. The SMILES string of the molecule is CC(C)CC(CO)NC(=O)C1C(C)OC(C)C1C. The van der Waals surface area contributed by atoms with Crippen molar-refractivity contribution in [1.82, 2.24) is 5.32 Å². The number of carbonyl (C=O) groups is 1. The number of aliphatic hydroxyl groups is 1. The average Bonchev–Trinajstić information content (AvgIpc) is 2.51. The first kappa shape index (κ1) is 15.4. The second-order valence-corrected chi connectivity index (χ2v) is 5.95. The van der Waals surface area contributed by atoms with E-state index in [0.717, 1.165) is 6.42 Å². The van der Waals surface area contributed by atoms with Crippen LogP contribution in [0.1, 0.15) is 41.0 Å². The van der Waals surface area contributed by atoms with E-state index in [1.54, 1.807) is 0 Å². The van der Waals surface area contributed by atoms with E-state index in [1.165, 1.54) is 0 Å². The smallest absolute Gasteiger partial charge is 0.226 e. The summed E-state index contributed by atoms with van der Waals surface area (Å²) in [5, 5.41) is 12.3. The Labute approximate surface area is 110 Å². The summed E-state index contributed by atoms with van der Waals surface area (Å²) >= 11 is 0. The molecule has 1 rings (SSSR count). The number of nitrogens with one attached hydrogen (secondary N) is 1. The van der Waals surface area contributed by atoms with Crippen molar-refractivity contribution < 1.29 is 14.6 Å². The van der Waals surface area contributed by atoms with Crippen LogP contribution in [-0.4, -0.2) is 35.9 Å². The Bertz CT molecular complexity index is 280. The van der Waals surface area contributed by atoms with E-state index in [9.17, 15) is 9.90 Å². The van der Waals surface area contributed by atoms with Crippen LogP contribution >= 0.6 is 0 Å². The fraction of sp³-hybridized carbons (Fsp3) is 0.929. The summed E-state index contributed by atoms with van der Waals surface area (Å²) in [7, 11) is 0. The summed E-state index contributed by atoms with van der Waals surface area (Å²) in [4.78, 5) is 12.3. The van der Waals surface area contributed by atoms with Crippen molar-refractivity contribution in [2.24, 2.45) is 17.8 Å². The largest absolute Gasteiger partial charge is 0.394 e. The van der Waals surface area contributed by atoms with E-state index in [0.29, 0.717) is 5.92 Å². The van der Waals surface area contributed by atoms with Gasteiger partial charge in [0.15, 0.2) is 0 Å². The highest BCUT2D eigenvalue weighted by molar-refractivity contribution is 5.80. The predicted molar refractivity (Wildman–Crippen MR) is 71.1 cm³/mol. The Morgan fingerprint density at radius 3 is 2.28 bits per heavy atom. The maximum atomic E-state index is 12.3. The van der Waals surface area contributed by atoms with Crippen LogP contribution in [-0.2, 0) is 9.53 Å². The van der Waals surface area contributed by atoms with Crippen molar-refractivity contribution in [1.29, 1.82) is 0 Å². The van der Waals surface area contributed by atoms with Gasteiger partial charge in [0, 0.05) is 0 Å². The minimum absolute atomic E-state index is 0.00415. The zero-order valence-corrected chi connectivity index (χ0v) is 12.1. The molecule has 1 saturated heterocycles. The molecule has 18 heavy (non-hydrogen) atoms. The lowest BCUT2D eigenvalue weighted by Crippen LogP contribution is -2.44. The molecule has 0 saturated carbocycles. The van der Waals surface area contributed by atoms with Gasteiger partial charge in [0.1, 0.15) is 0 Å². The van der Waals surface area contributed by atoms with Crippen molar-refractivity contribution in [3.05, 3.63) is 0 Å². The minimum atomic E-state index is -0.146. The van der Waals surface area contributed by atoms with Crippen molar-refractivity contribution in [3.8, 4) is 0 Å². The van der Waals surface area contributed by atoms with Crippen LogP contribution in [0.5, 0.6) is 0 Å². The van der Waals surface area contributed by atoms with Crippen molar-refractivity contribution >= 4 is 5.91 Å². The monoisotopic (exact) mass is 257 g/mol. The Balaban J connectivity index is 2.58. The third-order valence-corrected chi connectivity index (χ3v) is 3.87. The quantitative estimate of drug-likeness (QED) is 0.786. The standard InChI is InChI=1S/C14H27NO3/c1-8(2)6-12(7-16)15-14(17)13-9(3)10(4)18-11(13)5/h8-13,16H,6-7H2,1-5H3,(H,15,17). The maximum Gasteiger partial charge on any atom is 0.226 e. The number of rotatable bonds is 5. The fourth-order valence-corrected chi connectivity index (χ4v) is 2.76. The predicted octanol–water partition coefficient (Wildman–Crippen LogP) is 1.57. The molecule has 0 bridgehead atoms. The zero-order chi connectivity index (χ0) is 13.9. The number of aliphatic hydroxyl groups excluding tert-OH is 1. The van der Waals surface area contributed by atoms with Gasteiger partial charge >= 0.3 is 0 Å². The zero-order valence-electron chi connectivity index (χ0n) is 12.1. The Kier molecular flexibility index (Phi) is 5.60. The average molecular weight is 257 g/mol. The number of hydrogen-bond donors (Lipinski definition) is 2. The Morgan fingerprint density at radius 1 is 1.28 bits per heavy atom. The number of carbonyl (C=O) groups excluding carboxylic acids is 1. The van der Waals surface area contributed by atoms with Gasteiger partial charge in [-0.25, -0.2) is 0 Å². The molecule has 1 fully saturated rings. The normalized spacial score (nSPS) is 33.7. The molecule has 1 amide bonds. The Hall–Kier alpha value is -0.610. The third-order valence-electron chi connectivity index (χ3n) is 3.87. The topological polar surface area (TPSA) is 58.6 Å². The highest BCUT2D eigenvalue weighted by Gasteiger charge is 2.41. The van der Waals surface area contributed by atoms with Gasteiger partial charge in [-0.05, 0) is 32.1 Å². The molecule has 4 heteroatoms. The van der Waals surface area contributed by atoms with E-state index in [-0.39, 0.29) is 42.6 Å². The van der Waals surface area contributed by atoms with Crippen LogP contribution < -0.4 is 5.32 Å². The molecule has 0 aromatic carbocycles. The molecule has 5 unspecified atom stereocenters.